The lowest BCUT2D eigenvalue weighted by Crippen LogP contribution is -2.36. The molecular formula is C16H22ClN3O3S. The number of esters is 1. The Hall–Kier alpha value is -1.44. The average Bonchev–Trinajstić information content (AvgIpc) is 2.94. The van der Waals surface area contributed by atoms with Gasteiger partial charge in [0.15, 0.2) is 0 Å². The van der Waals surface area contributed by atoms with Gasteiger partial charge < -0.3 is 4.74 Å². The molecule has 0 saturated carbocycles. The third kappa shape index (κ3) is 4.55. The Bertz CT molecular complexity index is 755. The van der Waals surface area contributed by atoms with Gasteiger partial charge in [0.25, 0.3) is 0 Å². The molecule has 0 aromatic carbocycles. The Balaban J connectivity index is 2.35. The smallest absolute Gasteiger partial charge is 0.307 e. The van der Waals surface area contributed by atoms with Crippen molar-refractivity contribution in [1.82, 2.24) is 14.1 Å². The molecule has 2 heterocycles. The quantitative estimate of drug-likeness (QED) is 0.625. The van der Waals surface area contributed by atoms with Gasteiger partial charge in [0.05, 0.1) is 34.8 Å². The number of halogens is 1. The van der Waals surface area contributed by atoms with Crippen LogP contribution in [0.2, 0.25) is 5.15 Å². The molecule has 0 aliphatic carbocycles. The van der Waals surface area contributed by atoms with E-state index in [9.17, 15) is 9.00 Å². The number of carbonyl (C=O) groups excluding carboxylic acids is 1. The topological polar surface area (TPSA) is 72.7 Å². The van der Waals surface area contributed by atoms with Gasteiger partial charge in [-0.15, -0.1) is 0 Å². The van der Waals surface area contributed by atoms with Crippen LogP contribution in [0.4, 0.5) is 0 Å². The van der Waals surface area contributed by atoms with Crippen LogP contribution < -0.4 is 4.72 Å². The number of fused-ring (bicyclic) bond motifs is 1. The molecule has 132 valence electrons. The molecular weight excluding hydrogens is 350 g/mol. The monoisotopic (exact) mass is 371 g/mol. The second kappa shape index (κ2) is 7.63. The highest BCUT2D eigenvalue weighted by molar-refractivity contribution is 7.84. The Morgan fingerprint density at radius 2 is 2.17 bits per heavy atom. The Morgan fingerprint density at radius 3 is 2.79 bits per heavy atom. The molecule has 1 N–H and O–H groups in total. The maximum Gasteiger partial charge on any atom is 0.307 e. The minimum Gasteiger partial charge on any atom is -0.466 e. The standard InChI is InChI=1S/C16H22ClN3O3S/c1-5-23-15(21)10-12(19-24(22)16(2,3)4)11-8-13(17)20-7-6-18-14(20)9-11/h6-9,12,19H,5,10H2,1-4H3. The number of ether oxygens (including phenoxy) is 1. The number of pyridine rings is 1. The lowest BCUT2D eigenvalue weighted by atomic mass is 10.1. The van der Waals surface area contributed by atoms with Gasteiger partial charge in [0.1, 0.15) is 10.8 Å². The van der Waals surface area contributed by atoms with Gasteiger partial charge in [-0.3, -0.25) is 9.20 Å². The molecule has 0 bridgehead atoms. The number of carbonyl (C=O) groups is 1. The molecule has 0 saturated heterocycles. The van der Waals surface area contributed by atoms with E-state index in [0.29, 0.717) is 17.4 Å². The van der Waals surface area contributed by atoms with Crippen LogP contribution in [0.1, 0.15) is 45.7 Å². The molecule has 6 nitrogen and oxygen atoms in total. The third-order valence-corrected chi connectivity index (χ3v) is 5.27. The molecule has 24 heavy (non-hydrogen) atoms. The van der Waals surface area contributed by atoms with Gasteiger partial charge >= 0.3 is 5.97 Å². The minimum atomic E-state index is -1.35. The molecule has 0 aliphatic heterocycles. The van der Waals surface area contributed by atoms with Crippen LogP contribution >= 0.6 is 11.6 Å². The van der Waals surface area contributed by atoms with Crippen molar-refractivity contribution in [1.29, 1.82) is 0 Å². The van der Waals surface area contributed by atoms with E-state index in [-0.39, 0.29) is 12.4 Å². The largest absolute Gasteiger partial charge is 0.466 e. The average molecular weight is 372 g/mol. The first-order valence-electron chi connectivity index (χ1n) is 7.68. The van der Waals surface area contributed by atoms with E-state index < -0.39 is 21.8 Å². The fourth-order valence-electron chi connectivity index (χ4n) is 2.12. The van der Waals surface area contributed by atoms with E-state index in [1.807, 2.05) is 26.8 Å². The van der Waals surface area contributed by atoms with Crippen molar-refractivity contribution in [3.8, 4) is 0 Å². The molecule has 2 atom stereocenters. The summed E-state index contributed by atoms with van der Waals surface area (Å²) in [5.41, 5.74) is 1.40. The summed E-state index contributed by atoms with van der Waals surface area (Å²) in [6, 6.07) is 3.08. The van der Waals surface area contributed by atoms with Crippen LogP contribution in [-0.2, 0) is 20.5 Å². The Kier molecular flexibility index (Phi) is 6.01. The zero-order chi connectivity index (χ0) is 17.9. The van der Waals surface area contributed by atoms with E-state index in [1.165, 1.54) is 0 Å². The molecule has 0 spiro atoms. The van der Waals surface area contributed by atoms with Crippen LogP contribution in [0.15, 0.2) is 24.5 Å². The third-order valence-electron chi connectivity index (χ3n) is 3.37. The van der Waals surface area contributed by atoms with E-state index in [4.69, 9.17) is 16.3 Å². The SMILES string of the molecule is CCOC(=O)CC(NS(=O)C(C)(C)C)c1cc(Cl)n2ccnc2c1. The number of aromatic nitrogens is 2. The van der Waals surface area contributed by atoms with Crippen LogP contribution in [0.25, 0.3) is 5.65 Å². The summed E-state index contributed by atoms with van der Waals surface area (Å²) in [5.74, 6) is -0.361. The van der Waals surface area contributed by atoms with Crippen molar-refractivity contribution in [3.63, 3.8) is 0 Å². The van der Waals surface area contributed by atoms with Crippen LogP contribution in [-0.4, -0.2) is 30.9 Å². The molecule has 0 fully saturated rings. The molecule has 0 amide bonds. The number of imidazole rings is 1. The molecule has 2 unspecified atom stereocenters. The summed E-state index contributed by atoms with van der Waals surface area (Å²) in [7, 11) is -1.35. The number of nitrogens with zero attached hydrogens (tertiary/aromatic N) is 2. The summed E-state index contributed by atoms with van der Waals surface area (Å²) in [5, 5.41) is 0.470. The van der Waals surface area contributed by atoms with Crippen molar-refractivity contribution < 1.29 is 13.7 Å². The number of hydrogen-bond donors (Lipinski definition) is 1. The summed E-state index contributed by atoms with van der Waals surface area (Å²) >= 11 is 6.27. The van der Waals surface area contributed by atoms with E-state index in [0.717, 1.165) is 5.56 Å². The van der Waals surface area contributed by atoms with Crippen LogP contribution in [0.3, 0.4) is 0 Å². The molecule has 2 aromatic heterocycles. The highest BCUT2D eigenvalue weighted by Gasteiger charge is 2.26. The highest BCUT2D eigenvalue weighted by Crippen LogP contribution is 2.25. The fourth-order valence-corrected chi connectivity index (χ4v) is 3.22. The van der Waals surface area contributed by atoms with Gasteiger partial charge in [-0.25, -0.2) is 13.9 Å². The zero-order valence-electron chi connectivity index (χ0n) is 14.2. The predicted molar refractivity (Wildman–Crippen MR) is 95.2 cm³/mol. The number of nitrogens with one attached hydrogen (secondary N) is 1. The lowest BCUT2D eigenvalue weighted by molar-refractivity contribution is -0.143. The van der Waals surface area contributed by atoms with Crippen molar-refractivity contribution in [3.05, 3.63) is 35.2 Å². The minimum absolute atomic E-state index is 0.0584. The predicted octanol–water partition coefficient (Wildman–Crippen LogP) is 3.03. The first-order chi connectivity index (χ1) is 11.2. The van der Waals surface area contributed by atoms with Crippen LogP contribution in [0, 0.1) is 0 Å². The molecule has 0 radical (unpaired) electrons. The fraction of sp³-hybridized carbons (Fsp3) is 0.500. The highest BCUT2D eigenvalue weighted by atomic mass is 35.5. The number of rotatable bonds is 6. The van der Waals surface area contributed by atoms with Crippen molar-refractivity contribution in [2.75, 3.05) is 6.61 Å². The molecule has 8 heteroatoms. The second-order valence-electron chi connectivity index (χ2n) is 6.33. The Morgan fingerprint density at radius 1 is 1.46 bits per heavy atom. The summed E-state index contributed by atoms with van der Waals surface area (Å²) in [6.45, 7) is 7.64. The summed E-state index contributed by atoms with van der Waals surface area (Å²) in [6.07, 6.45) is 3.46. The normalized spacial score (nSPS) is 14.5. The maximum absolute atomic E-state index is 12.5. The molecule has 0 aliphatic rings. The first-order valence-corrected chi connectivity index (χ1v) is 9.21. The molecule has 2 rings (SSSR count). The Labute approximate surface area is 149 Å². The van der Waals surface area contributed by atoms with Crippen LogP contribution in [0.5, 0.6) is 0 Å². The van der Waals surface area contributed by atoms with Crippen molar-refractivity contribution >= 4 is 34.2 Å². The first kappa shape index (κ1) is 18.9. The summed E-state index contributed by atoms with van der Waals surface area (Å²) < 4.78 is 21.8. The van der Waals surface area contributed by atoms with Crippen molar-refractivity contribution in [2.24, 2.45) is 0 Å². The van der Waals surface area contributed by atoms with Crippen molar-refractivity contribution in [2.45, 2.75) is 44.9 Å². The maximum atomic E-state index is 12.5. The second-order valence-corrected chi connectivity index (χ2v) is 8.71. The number of hydrogen-bond acceptors (Lipinski definition) is 4. The van der Waals surface area contributed by atoms with Gasteiger partial charge in [-0.1, -0.05) is 11.6 Å². The van der Waals surface area contributed by atoms with E-state index >= 15 is 0 Å². The van der Waals surface area contributed by atoms with Gasteiger partial charge in [-0.2, -0.15) is 0 Å². The van der Waals surface area contributed by atoms with Gasteiger partial charge in [-0.05, 0) is 45.4 Å². The zero-order valence-corrected chi connectivity index (χ0v) is 15.8. The van der Waals surface area contributed by atoms with Gasteiger partial charge in [0, 0.05) is 12.4 Å². The van der Waals surface area contributed by atoms with E-state index in [1.54, 1.807) is 29.8 Å². The van der Waals surface area contributed by atoms with Gasteiger partial charge in [0.2, 0.25) is 0 Å². The molecule has 2 aromatic rings. The van der Waals surface area contributed by atoms with E-state index in [2.05, 4.69) is 9.71 Å². The lowest BCUT2D eigenvalue weighted by Gasteiger charge is -2.24. The summed E-state index contributed by atoms with van der Waals surface area (Å²) in [4.78, 5) is 16.2.